The van der Waals surface area contributed by atoms with E-state index in [2.05, 4.69) is 6.58 Å². The molecule has 0 N–H and O–H groups in total. The Morgan fingerprint density at radius 2 is 2.19 bits per heavy atom. The van der Waals surface area contributed by atoms with E-state index in [-0.39, 0.29) is 10.7 Å². The molecule has 0 unspecified atom stereocenters. The largest absolute Gasteiger partial charge is 0.288 e. The van der Waals surface area contributed by atoms with Crippen molar-refractivity contribution in [2.75, 3.05) is 0 Å². The molecule has 2 rings (SSSR count). The van der Waals surface area contributed by atoms with E-state index >= 15 is 0 Å². The molecule has 0 saturated heterocycles. The van der Waals surface area contributed by atoms with Crippen molar-refractivity contribution in [3.63, 3.8) is 0 Å². The third-order valence-electron chi connectivity index (χ3n) is 2.72. The predicted octanol–water partition coefficient (Wildman–Crippen LogP) is 3.76. The van der Waals surface area contributed by atoms with Crippen molar-refractivity contribution in [3.8, 4) is 0 Å². The van der Waals surface area contributed by atoms with Gasteiger partial charge in [0.25, 0.3) is 5.69 Å². The first-order valence-electron chi connectivity index (χ1n) is 4.77. The summed E-state index contributed by atoms with van der Waals surface area (Å²) in [5.41, 5.74) is -0.852. The lowest BCUT2D eigenvalue weighted by molar-refractivity contribution is -0.384. The minimum atomic E-state index is -1.37. The summed E-state index contributed by atoms with van der Waals surface area (Å²) in [6.07, 6.45) is 0.866. The van der Waals surface area contributed by atoms with Crippen molar-refractivity contribution in [3.05, 3.63) is 45.5 Å². The van der Waals surface area contributed by atoms with Gasteiger partial charge in [-0.3, -0.25) is 10.1 Å². The number of nitro benzene ring substituents is 1. The van der Waals surface area contributed by atoms with Gasteiger partial charge in [-0.15, -0.1) is 0 Å². The van der Waals surface area contributed by atoms with Crippen LogP contribution in [0, 0.1) is 10.1 Å². The van der Waals surface area contributed by atoms with E-state index in [1.54, 1.807) is 6.07 Å². The SMILES string of the molecule is C=C(c1ccc(Cl)c([N+](=O)[O-])c1)C1(F)CC1. The number of hydrogen-bond donors (Lipinski definition) is 0. The molecule has 0 heterocycles. The third-order valence-corrected chi connectivity index (χ3v) is 3.04. The summed E-state index contributed by atoms with van der Waals surface area (Å²) in [6.45, 7) is 3.65. The zero-order valence-electron chi connectivity index (χ0n) is 8.37. The van der Waals surface area contributed by atoms with E-state index in [0.29, 0.717) is 24.0 Å². The van der Waals surface area contributed by atoms with Gasteiger partial charge in [-0.2, -0.15) is 0 Å². The topological polar surface area (TPSA) is 43.1 Å². The van der Waals surface area contributed by atoms with Crippen LogP contribution in [0.15, 0.2) is 24.8 Å². The molecular weight excluding hydrogens is 233 g/mol. The molecule has 1 aromatic carbocycles. The Labute approximate surface area is 96.7 Å². The Morgan fingerprint density at radius 3 is 2.69 bits per heavy atom. The monoisotopic (exact) mass is 241 g/mol. The van der Waals surface area contributed by atoms with Crippen molar-refractivity contribution in [1.29, 1.82) is 0 Å². The smallest absolute Gasteiger partial charge is 0.258 e. The van der Waals surface area contributed by atoms with Gasteiger partial charge in [0.15, 0.2) is 0 Å². The zero-order valence-corrected chi connectivity index (χ0v) is 9.13. The first-order chi connectivity index (χ1) is 7.44. The number of hydrogen-bond acceptors (Lipinski definition) is 2. The van der Waals surface area contributed by atoms with Gasteiger partial charge in [-0.05, 0) is 30.0 Å². The number of benzene rings is 1. The molecule has 1 aliphatic rings. The number of allylic oxidation sites excluding steroid dienone is 1. The lowest BCUT2D eigenvalue weighted by Crippen LogP contribution is -2.02. The minimum absolute atomic E-state index is 0.0465. The molecule has 0 aliphatic heterocycles. The van der Waals surface area contributed by atoms with Gasteiger partial charge in [0.1, 0.15) is 10.7 Å². The van der Waals surface area contributed by atoms with Crippen LogP contribution in [-0.4, -0.2) is 10.6 Å². The highest BCUT2D eigenvalue weighted by molar-refractivity contribution is 6.32. The fourth-order valence-corrected chi connectivity index (χ4v) is 1.70. The molecule has 0 bridgehead atoms. The van der Waals surface area contributed by atoms with Gasteiger partial charge >= 0.3 is 0 Å². The van der Waals surface area contributed by atoms with Crippen LogP contribution in [0.4, 0.5) is 10.1 Å². The van der Waals surface area contributed by atoms with E-state index in [9.17, 15) is 14.5 Å². The van der Waals surface area contributed by atoms with Crippen LogP contribution in [0.5, 0.6) is 0 Å². The van der Waals surface area contributed by atoms with Crippen molar-refractivity contribution in [2.45, 2.75) is 18.5 Å². The normalized spacial score (nSPS) is 16.9. The Bertz CT molecular complexity index is 483. The highest BCUT2D eigenvalue weighted by Gasteiger charge is 2.46. The summed E-state index contributed by atoms with van der Waals surface area (Å²) in [6, 6.07) is 4.22. The zero-order chi connectivity index (χ0) is 11.9. The summed E-state index contributed by atoms with van der Waals surface area (Å²) in [7, 11) is 0. The predicted molar refractivity (Wildman–Crippen MR) is 60.2 cm³/mol. The number of halogens is 2. The van der Waals surface area contributed by atoms with Crippen molar-refractivity contribution in [2.24, 2.45) is 0 Å². The average molecular weight is 242 g/mol. The first kappa shape index (κ1) is 11.1. The van der Waals surface area contributed by atoms with Crippen molar-refractivity contribution < 1.29 is 9.31 Å². The summed E-state index contributed by atoms with van der Waals surface area (Å²) in [4.78, 5) is 10.1. The van der Waals surface area contributed by atoms with Crippen LogP contribution >= 0.6 is 11.6 Å². The number of rotatable bonds is 3. The fourth-order valence-electron chi connectivity index (χ4n) is 1.51. The molecule has 1 saturated carbocycles. The quantitative estimate of drug-likeness (QED) is 0.597. The lowest BCUT2D eigenvalue weighted by atomic mass is 10.0. The number of alkyl halides is 1. The minimum Gasteiger partial charge on any atom is -0.258 e. The number of nitrogens with zero attached hydrogens (tertiary/aromatic N) is 1. The lowest BCUT2D eigenvalue weighted by Gasteiger charge is -2.09. The highest BCUT2D eigenvalue weighted by Crippen LogP contribution is 2.50. The van der Waals surface area contributed by atoms with Crippen molar-refractivity contribution in [1.82, 2.24) is 0 Å². The standard InChI is InChI=1S/C11H9ClFNO2/c1-7(11(13)4-5-11)8-2-3-9(12)10(6-8)14(15)16/h2-3,6H,1,4-5H2. The van der Waals surface area contributed by atoms with Crippen LogP contribution in [0.1, 0.15) is 18.4 Å². The summed E-state index contributed by atoms with van der Waals surface area (Å²) >= 11 is 5.66. The van der Waals surface area contributed by atoms with Gasteiger partial charge < -0.3 is 0 Å². The Kier molecular flexibility index (Phi) is 2.46. The highest BCUT2D eigenvalue weighted by atomic mass is 35.5. The molecule has 16 heavy (non-hydrogen) atoms. The maximum Gasteiger partial charge on any atom is 0.288 e. The third kappa shape index (κ3) is 1.80. The Morgan fingerprint density at radius 1 is 1.56 bits per heavy atom. The Balaban J connectivity index is 2.40. The van der Waals surface area contributed by atoms with Gasteiger partial charge in [-0.1, -0.05) is 24.2 Å². The molecule has 0 spiro atoms. The van der Waals surface area contributed by atoms with E-state index in [1.807, 2.05) is 0 Å². The molecule has 0 atom stereocenters. The second-order valence-corrected chi connectivity index (χ2v) is 4.27. The average Bonchev–Trinajstić information content (AvgIpc) is 2.97. The van der Waals surface area contributed by atoms with Gasteiger partial charge in [0.05, 0.1) is 4.92 Å². The Hall–Kier alpha value is -1.42. The van der Waals surface area contributed by atoms with E-state index in [0.717, 1.165) is 0 Å². The second kappa shape index (κ2) is 3.56. The molecule has 0 radical (unpaired) electrons. The summed E-state index contributed by atoms with van der Waals surface area (Å²) < 4.78 is 13.7. The first-order valence-corrected chi connectivity index (χ1v) is 5.14. The molecular formula is C11H9ClFNO2. The van der Waals surface area contributed by atoms with Crippen LogP contribution in [-0.2, 0) is 0 Å². The molecule has 84 valence electrons. The van der Waals surface area contributed by atoms with E-state index < -0.39 is 10.6 Å². The summed E-state index contributed by atoms with van der Waals surface area (Å²) in [5.74, 6) is 0. The van der Waals surface area contributed by atoms with E-state index in [1.165, 1.54) is 12.1 Å². The van der Waals surface area contributed by atoms with Gasteiger partial charge in [0, 0.05) is 6.07 Å². The van der Waals surface area contributed by atoms with Gasteiger partial charge in [0.2, 0.25) is 0 Å². The molecule has 1 aromatic rings. The molecule has 1 aliphatic carbocycles. The molecule has 0 aromatic heterocycles. The van der Waals surface area contributed by atoms with Crippen molar-refractivity contribution >= 4 is 22.9 Å². The maximum absolute atomic E-state index is 13.7. The molecule has 0 amide bonds. The fraction of sp³-hybridized carbons (Fsp3) is 0.273. The van der Waals surface area contributed by atoms with Crippen LogP contribution < -0.4 is 0 Å². The summed E-state index contributed by atoms with van der Waals surface area (Å²) in [5, 5.41) is 10.7. The molecule has 3 nitrogen and oxygen atoms in total. The van der Waals surface area contributed by atoms with E-state index in [4.69, 9.17) is 11.6 Å². The number of nitro groups is 1. The van der Waals surface area contributed by atoms with Crippen LogP contribution in [0.3, 0.4) is 0 Å². The van der Waals surface area contributed by atoms with Gasteiger partial charge in [-0.25, -0.2) is 4.39 Å². The van der Waals surface area contributed by atoms with Crippen LogP contribution in [0.2, 0.25) is 5.02 Å². The second-order valence-electron chi connectivity index (χ2n) is 3.87. The molecule has 5 heteroatoms. The maximum atomic E-state index is 13.7. The van der Waals surface area contributed by atoms with Crippen LogP contribution in [0.25, 0.3) is 5.57 Å². The molecule has 1 fully saturated rings.